The second-order valence-corrected chi connectivity index (χ2v) is 26.8. The normalized spacial score (nSPS) is 28.4. The van der Waals surface area contributed by atoms with E-state index in [4.69, 9.17) is 28.4 Å². The van der Waals surface area contributed by atoms with Crippen LogP contribution in [-0.4, -0.2) is 184 Å². The van der Waals surface area contributed by atoms with Crippen LogP contribution >= 0.6 is 0 Å². The summed E-state index contributed by atoms with van der Waals surface area (Å²) in [7, 11) is 9.05. The van der Waals surface area contributed by atoms with E-state index in [2.05, 4.69) is 24.5 Å². The van der Waals surface area contributed by atoms with Gasteiger partial charge in [0.05, 0.1) is 0 Å². The van der Waals surface area contributed by atoms with Gasteiger partial charge in [0.25, 0.3) is 23.6 Å². The van der Waals surface area contributed by atoms with Gasteiger partial charge in [-0.1, -0.05) is 118 Å². The summed E-state index contributed by atoms with van der Waals surface area (Å²) in [6.07, 6.45) is -2.09. The predicted molar refractivity (Wildman–Crippen MR) is 335 cm³/mol. The fourth-order valence-electron chi connectivity index (χ4n) is 12.3. The Bertz CT molecular complexity index is 2420. The molecule has 6 unspecified atom stereocenters. The lowest BCUT2D eigenvalue weighted by Gasteiger charge is -2.35. The number of hydrogen-bond acceptors (Lipinski definition) is 16. The molecule has 20 nitrogen and oxygen atoms in total. The van der Waals surface area contributed by atoms with Gasteiger partial charge in [0.15, 0.2) is 24.4 Å². The van der Waals surface area contributed by atoms with Gasteiger partial charge in [0.1, 0.15) is 36.6 Å². The topological polar surface area (TPSA) is 229 Å². The molecule has 492 valence electrons. The minimum atomic E-state index is -1.52. The molecule has 0 bridgehead atoms. The van der Waals surface area contributed by atoms with E-state index < -0.39 is 96.1 Å². The van der Waals surface area contributed by atoms with E-state index in [9.17, 15) is 28.8 Å². The summed E-state index contributed by atoms with van der Waals surface area (Å²) in [6, 6.07) is 10.5. The van der Waals surface area contributed by atoms with Gasteiger partial charge in [-0.05, 0) is 135 Å². The highest BCUT2D eigenvalue weighted by molar-refractivity contribution is 5.94. The third kappa shape index (κ3) is 20.0. The van der Waals surface area contributed by atoms with Crippen LogP contribution in [-0.2, 0) is 79.6 Å². The summed E-state index contributed by atoms with van der Waals surface area (Å²) in [5.41, 5.74) is 3.50. The van der Waals surface area contributed by atoms with Gasteiger partial charge in [0, 0.05) is 68.3 Å². The lowest BCUT2D eigenvalue weighted by Crippen LogP contribution is -2.55. The Labute approximate surface area is 524 Å². The second-order valence-electron chi connectivity index (χ2n) is 26.8. The first kappa shape index (κ1) is 72.8. The molecule has 4 amide bonds. The van der Waals surface area contributed by atoms with Gasteiger partial charge in [-0.2, -0.15) is 0 Å². The van der Waals surface area contributed by atoms with Crippen LogP contribution in [0.5, 0.6) is 0 Å². The van der Waals surface area contributed by atoms with Gasteiger partial charge >= 0.3 is 23.9 Å². The number of nitrogens with one attached hydrogen (secondary N) is 2. The molecule has 0 saturated carbocycles. The number of cyclic esters (lactones) is 4. The van der Waals surface area contributed by atoms with Gasteiger partial charge in [-0.3, -0.25) is 29.8 Å². The number of rotatable bonds is 18. The highest BCUT2D eigenvalue weighted by Crippen LogP contribution is 2.33. The fourth-order valence-corrected chi connectivity index (χ4v) is 12.3. The molecule has 14 atom stereocenters. The summed E-state index contributed by atoms with van der Waals surface area (Å²) < 4.78 is 35.5. The van der Waals surface area contributed by atoms with Crippen LogP contribution in [0.3, 0.4) is 0 Å². The smallest absolute Gasteiger partial charge is 0.329 e. The minimum absolute atomic E-state index is 0.0142. The number of ether oxygens (including phenoxy) is 6. The maximum atomic E-state index is 15.2. The van der Waals surface area contributed by atoms with Gasteiger partial charge in [-0.25, -0.2) is 19.2 Å². The molecule has 5 rings (SSSR count). The SMILES string of the molecule is COC1CCC(C(C)c2ccc(C[C@H]3OC(=O)[C@H](CC(C)C)N(C)C(=O)[C@@H](C)OC(=O)[C@H](CC(C)C)N(C)C(=O)[C@@H](Cc4ccc(C(C)C5CCC(OC)NC5)cc4)OC(=O)[C@H](CC(C)C)N(C)C(=O)[C@@H](C)OC(=O)[C@H](CC(C)C)N(C)C3=O)cc2)CN1. The minimum Gasteiger partial charge on any atom is -0.451 e. The van der Waals surface area contributed by atoms with Crippen LogP contribution in [0.1, 0.15) is 169 Å². The Balaban J connectivity index is 1.57. The zero-order valence-electron chi connectivity index (χ0n) is 56.0. The van der Waals surface area contributed by atoms with Crippen LogP contribution in [0.2, 0.25) is 0 Å². The number of methoxy groups -OCH3 is 2. The monoisotopic (exact) mass is 1230 g/mol. The number of benzene rings is 2. The predicted octanol–water partition coefficient (Wildman–Crippen LogP) is 7.82. The van der Waals surface area contributed by atoms with Crippen molar-refractivity contribution in [2.24, 2.45) is 35.5 Å². The molecule has 0 spiro atoms. The Morgan fingerprint density at radius 1 is 0.420 bits per heavy atom. The van der Waals surface area contributed by atoms with E-state index in [1.54, 1.807) is 14.2 Å². The first-order valence-electron chi connectivity index (χ1n) is 32.0. The van der Waals surface area contributed by atoms with Crippen molar-refractivity contribution >= 4 is 47.5 Å². The number of carbonyl (C=O) groups excluding carboxylic acids is 8. The molecule has 3 aliphatic rings. The molecule has 3 saturated heterocycles. The number of amides is 4. The molecule has 0 radical (unpaired) electrons. The van der Waals surface area contributed by atoms with Gasteiger partial charge < -0.3 is 48.0 Å². The highest BCUT2D eigenvalue weighted by atomic mass is 16.6. The maximum Gasteiger partial charge on any atom is 0.329 e. The summed E-state index contributed by atoms with van der Waals surface area (Å²) in [6.45, 7) is 23.6. The fraction of sp³-hybridized carbons (Fsp3) is 0.706. The zero-order chi connectivity index (χ0) is 65.4. The van der Waals surface area contributed by atoms with Crippen molar-refractivity contribution < 1.29 is 66.8 Å². The average molecular weight is 1230 g/mol. The van der Waals surface area contributed by atoms with Crippen molar-refractivity contribution in [1.29, 1.82) is 0 Å². The van der Waals surface area contributed by atoms with Crippen molar-refractivity contribution in [1.82, 2.24) is 30.2 Å². The van der Waals surface area contributed by atoms with Crippen LogP contribution in [0.25, 0.3) is 0 Å². The second kappa shape index (κ2) is 33.7. The third-order valence-electron chi connectivity index (χ3n) is 18.1. The van der Waals surface area contributed by atoms with E-state index in [1.165, 1.54) is 51.8 Å². The van der Waals surface area contributed by atoms with Crippen LogP contribution in [0.4, 0.5) is 0 Å². The van der Waals surface area contributed by atoms with E-state index in [0.29, 0.717) is 23.0 Å². The quantitative estimate of drug-likeness (QED) is 0.107. The zero-order valence-corrected chi connectivity index (χ0v) is 56.0. The largest absolute Gasteiger partial charge is 0.451 e. The van der Waals surface area contributed by atoms with Gasteiger partial charge in [-0.15, -0.1) is 0 Å². The number of hydrogen-bond donors (Lipinski definition) is 2. The van der Waals surface area contributed by atoms with E-state index in [-0.39, 0.29) is 86.5 Å². The van der Waals surface area contributed by atoms with E-state index in [1.807, 2.05) is 104 Å². The molecule has 3 aliphatic heterocycles. The Kier molecular flexibility index (Phi) is 27.9. The standard InChI is InChI=1S/C68H106N6O14/c1-39(2)31-53-65(79)85-45(11)61(75)71(13)56(34-42(7)8)68(82)88-58(36-48-21-25-50(26-22-48)44(10)52-28-30-60(84-18)70-38-52)64(78)74(16)54(32-40(3)4)66(80)86-46(12)62(76)72(14)55(33-41(5)6)67(81)87-57(63(77)73(53)15)35-47-19-23-49(24-20-47)43(9)51-27-29-59(83-17)69-37-51/h19-26,39-46,51-60,69-70H,27-38H2,1-18H3/t43?,44?,45-,46-,51?,52?,53+,54+,55+,56+,57-,58-,59?,60?/m1/s1. The Morgan fingerprint density at radius 3 is 0.943 bits per heavy atom. The van der Waals surface area contributed by atoms with Crippen LogP contribution < -0.4 is 10.6 Å². The summed E-state index contributed by atoms with van der Waals surface area (Å²) in [5.74, 6) is -6.18. The molecule has 88 heavy (non-hydrogen) atoms. The van der Waals surface area contributed by atoms with Crippen molar-refractivity contribution in [3.8, 4) is 0 Å². The van der Waals surface area contributed by atoms with Crippen molar-refractivity contribution in [2.75, 3.05) is 55.5 Å². The molecule has 3 fully saturated rings. The molecule has 2 aromatic carbocycles. The van der Waals surface area contributed by atoms with E-state index >= 15 is 9.59 Å². The lowest BCUT2D eigenvalue weighted by atomic mass is 9.82. The highest BCUT2D eigenvalue weighted by Gasteiger charge is 2.43. The Morgan fingerprint density at radius 2 is 0.693 bits per heavy atom. The number of piperidine rings is 2. The first-order valence-corrected chi connectivity index (χ1v) is 32.0. The molecular formula is C68H106N6O14. The third-order valence-corrected chi connectivity index (χ3v) is 18.1. The first-order chi connectivity index (χ1) is 41.5. The Hall–Kier alpha value is -5.96. The number of carbonyl (C=O) groups is 8. The number of esters is 4. The van der Waals surface area contributed by atoms with Crippen molar-refractivity contribution in [3.05, 3.63) is 70.8 Å². The summed E-state index contributed by atoms with van der Waals surface area (Å²) in [5, 5.41) is 6.91. The summed E-state index contributed by atoms with van der Waals surface area (Å²) in [4.78, 5) is 123. The molecule has 3 heterocycles. The van der Waals surface area contributed by atoms with Gasteiger partial charge in [0.2, 0.25) is 0 Å². The molecule has 2 aromatic rings. The van der Waals surface area contributed by atoms with Crippen LogP contribution in [0.15, 0.2) is 48.5 Å². The summed E-state index contributed by atoms with van der Waals surface area (Å²) >= 11 is 0. The molecule has 0 aromatic heterocycles. The molecule has 20 heteroatoms. The molecule has 0 aliphatic carbocycles. The maximum absolute atomic E-state index is 15.2. The van der Waals surface area contributed by atoms with E-state index in [0.717, 1.165) is 59.7 Å². The average Bonchev–Trinajstić information content (AvgIpc) is 3.24. The van der Waals surface area contributed by atoms with Crippen LogP contribution in [0, 0.1) is 35.5 Å². The number of nitrogens with zero attached hydrogens (tertiary/aromatic N) is 4. The lowest BCUT2D eigenvalue weighted by molar-refractivity contribution is -0.176. The van der Waals surface area contributed by atoms with Crippen molar-refractivity contribution in [2.45, 2.75) is 220 Å². The molecular weight excluding hydrogens is 1120 g/mol. The van der Waals surface area contributed by atoms with Crippen molar-refractivity contribution in [3.63, 3.8) is 0 Å². The number of likely N-dealkylation sites (N-methyl/N-ethyl adjacent to an activating group) is 4. The molecule has 2 N–H and O–H groups in total.